The van der Waals surface area contributed by atoms with Crippen LogP contribution in [0.3, 0.4) is 0 Å². The number of allylic oxidation sites excluding steroid dienone is 2. The molecule has 0 aliphatic heterocycles. The van der Waals surface area contributed by atoms with Crippen molar-refractivity contribution in [3.8, 4) is 6.07 Å². The Morgan fingerprint density at radius 1 is 1.62 bits per heavy atom. The average molecular weight is 234 g/mol. The summed E-state index contributed by atoms with van der Waals surface area (Å²) in [6.07, 6.45) is 3.62. The fraction of sp³-hybridized carbons (Fsp3) is 0.333. The summed E-state index contributed by atoms with van der Waals surface area (Å²) in [5.41, 5.74) is 3.42. The molecule has 0 atom stereocenters. The van der Waals surface area contributed by atoms with Gasteiger partial charge in [-0.25, -0.2) is 4.98 Å². The van der Waals surface area contributed by atoms with Crippen LogP contribution in [0.2, 0.25) is 5.15 Å². The first-order valence-corrected chi connectivity index (χ1v) is 5.68. The summed E-state index contributed by atoms with van der Waals surface area (Å²) in [6, 6.07) is 3.98. The van der Waals surface area contributed by atoms with Crippen molar-refractivity contribution in [3.63, 3.8) is 0 Å². The molecule has 3 nitrogen and oxygen atoms in total. The minimum absolute atomic E-state index is 0.477. The number of pyridine rings is 1. The van der Waals surface area contributed by atoms with E-state index in [0.717, 1.165) is 29.9 Å². The third-order valence-electron chi connectivity index (χ3n) is 2.52. The van der Waals surface area contributed by atoms with Crippen LogP contribution in [-0.2, 0) is 6.42 Å². The van der Waals surface area contributed by atoms with E-state index in [2.05, 4.69) is 23.3 Å². The highest BCUT2D eigenvalue weighted by Gasteiger charge is 2.20. The van der Waals surface area contributed by atoms with Gasteiger partial charge >= 0.3 is 0 Å². The van der Waals surface area contributed by atoms with Crippen molar-refractivity contribution >= 4 is 22.9 Å². The number of halogens is 1. The van der Waals surface area contributed by atoms with E-state index in [0.29, 0.717) is 17.1 Å². The second kappa shape index (κ2) is 4.54. The van der Waals surface area contributed by atoms with Gasteiger partial charge in [0.1, 0.15) is 5.15 Å². The van der Waals surface area contributed by atoms with Crippen LogP contribution in [0.4, 0.5) is 5.69 Å². The van der Waals surface area contributed by atoms with Crippen LogP contribution in [0.25, 0.3) is 5.57 Å². The molecule has 0 unspecified atom stereocenters. The van der Waals surface area contributed by atoms with Gasteiger partial charge in [0, 0.05) is 24.2 Å². The summed E-state index contributed by atoms with van der Waals surface area (Å²) in [7, 11) is 0. The van der Waals surface area contributed by atoms with E-state index in [9.17, 15) is 0 Å². The highest BCUT2D eigenvalue weighted by atomic mass is 35.5. The largest absolute Gasteiger partial charge is 0.384 e. The zero-order chi connectivity index (χ0) is 11.5. The molecule has 0 fully saturated rings. The first-order valence-electron chi connectivity index (χ1n) is 5.30. The van der Waals surface area contributed by atoms with Gasteiger partial charge in [-0.15, -0.1) is 0 Å². The number of hydrogen-bond donors (Lipinski definition) is 1. The molecule has 1 aliphatic rings. The number of nitrogens with one attached hydrogen (secondary N) is 1. The van der Waals surface area contributed by atoms with Crippen molar-refractivity contribution in [3.05, 3.63) is 28.6 Å². The highest BCUT2D eigenvalue weighted by molar-refractivity contribution is 6.29. The van der Waals surface area contributed by atoms with Gasteiger partial charge in [-0.05, 0) is 12.5 Å². The number of fused-ring (bicyclic) bond motifs is 1. The molecule has 0 saturated heterocycles. The molecule has 1 aromatic heterocycles. The fourth-order valence-corrected chi connectivity index (χ4v) is 2.02. The van der Waals surface area contributed by atoms with Gasteiger partial charge in [0.25, 0.3) is 0 Å². The molecule has 1 heterocycles. The van der Waals surface area contributed by atoms with Crippen LogP contribution >= 0.6 is 11.6 Å². The van der Waals surface area contributed by atoms with Crippen LogP contribution in [0.1, 0.15) is 24.6 Å². The molecule has 16 heavy (non-hydrogen) atoms. The molecule has 4 heteroatoms. The van der Waals surface area contributed by atoms with Crippen LogP contribution in [-0.4, -0.2) is 11.5 Å². The number of aromatic nitrogens is 1. The summed E-state index contributed by atoms with van der Waals surface area (Å²) < 4.78 is 0. The molecule has 0 amide bonds. The third kappa shape index (κ3) is 1.89. The predicted octanol–water partition coefficient (Wildman–Crippen LogP) is 3.02. The van der Waals surface area contributed by atoms with Crippen molar-refractivity contribution in [1.29, 1.82) is 5.26 Å². The van der Waals surface area contributed by atoms with Crippen LogP contribution in [0, 0.1) is 11.3 Å². The Balaban J connectivity index is 2.44. The van der Waals surface area contributed by atoms with Crippen molar-refractivity contribution < 1.29 is 0 Å². The zero-order valence-electron chi connectivity index (χ0n) is 9.05. The van der Waals surface area contributed by atoms with Gasteiger partial charge in [0.05, 0.1) is 17.3 Å². The first kappa shape index (κ1) is 11.0. The maximum Gasteiger partial charge on any atom is 0.131 e. The lowest BCUT2D eigenvalue weighted by Gasteiger charge is -2.11. The molecule has 1 N–H and O–H groups in total. The predicted molar refractivity (Wildman–Crippen MR) is 65.3 cm³/mol. The Bertz CT molecular complexity index is 486. The van der Waals surface area contributed by atoms with Gasteiger partial charge in [-0.3, -0.25) is 0 Å². The second-order valence-corrected chi connectivity index (χ2v) is 4.06. The molecule has 0 saturated carbocycles. The monoisotopic (exact) mass is 233 g/mol. The van der Waals surface area contributed by atoms with E-state index >= 15 is 0 Å². The smallest absolute Gasteiger partial charge is 0.131 e. The Labute approximate surface area is 99.8 Å². The van der Waals surface area contributed by atoms with Gasteiger partial charge in [-0.2, -0.15) is 5.26 Å². The first-order chi connectivity index (χ1) is 7.76. The number of nitrogens with zero attached hydrogens (tertiary/aromatic N) is 2. The average Bonchev–Trinajstić information content (AvgIpc) is 2.68. The quantitative estimate of drug-likeness (QED) is 0.817. The second-order valence-electron chi connectivity index (χ2n) is 3.67. The Kier molecular flexibility index (Phi) is 3.12. The lowest BCUT2D eigenvalue weighted by Crippen LogP contribution is -2.04. The van der Waals surface area contributed by atoms with Crippen molar-refractivity contribution in [2.45, 2.75) is 19.8 Å². The van der Waals surface area contributed by atoms with Gasteiger partial charge in [0.15, 0.2) is 0 Å². The van der Waals surface area contributed by atoms with E-state index in [4.69, 9.17) is 16.9 Å². The maximum absolute atomic E-state index is 9.03. The molecule has 0 bridgehead atoms. The van der Waals surface area contributed by atoms with Crippen molar-refractivity contribution in [1.82, 2.24) is 4.98 Å². The summed E-state index contributed by atoms with van der Waals surface area (Å²) in [5, 5.41) is 12.8. The number of anilines is 1. The number of nitriles is 1. The lowest BCUT2D eigenvalue weighted by atomic mass is 10.1. The molecule has 1 aromatic rings. The van der Waals surface area contributed by atoms with E-state index in [1.165, 1.54) is 0 Å². The number of hydrogen-bond acceptors (Lipinski definition) is 3. The van der Waals surface area contributed by atoms with Gasteiger partial charge in [-0.1, -0.05) is 24.6 Å². The topological polar surface area (TPSA) is 48.7 Å². The molecule has 0 spiro atoms. The molecule has 1 aliphatic carbocycles. The molecule has 0 radical (unpaired) electrons. The van der Waals surface area contributed by atoms with Crippen LogP contribution in [0.15, 0.2) is 12.1 Å². The van der Waals surface area contributed by atoms with Crippen LogP contribution < -0.4 is 5.32 Å². The van der Waals surface area contributed by atoms with Crippen molar-refractivity contribution in [2.75, 3.05) is 11.9 Å². The summed E-state index contributed by atoms with van der Waals surface area (Å²) in [5.74, 6) is 0. The standard InChI is InChI=1S/C12H12ClN3/c1-2-5-15-10-6-11(13)16-9-4-3-8(7-14)12(9)10/h3,6H,2,4-5H2,1H3,(H,15,16). The Morgan fingerprint density at radius 2 is 2.44 bits per heavy atom. The SMILES string of the molecule is CCCNc1cc(Cl)nc2c1C(C#N)=CC2. The molecule has 82 valence electrons. The van der Waals surface area contributed by atoms with Crippen LogP contribution in [0.5, 0.6) is 0 Å². The molecule has 2 rings (SSSR count). The minimum Gasteiger partial charge on any atom is -0.384 e. The third-order valence-corrected chi connectivity index (χ3v) is 2.71. The molecular weight excluding hydrogens is 222 g/mol. The molecule has 0 aromatic carbocycles. The van der Waals surface area contributed by atoms with Crippen molar-refractivity contribution in [2.24, 2.45) is 0 Å². The van der Waals surface area contributed by atoms with E-state index in [-0.39, 0.29) is 0 Å². The highest BCUT2D eigenvalue weighted by Crippen LogP contribution is 2.33. The fourth-order valence-electron chi connectivity index (χ4n) is 1.81. The Hall–Kier alpha value is -1.53. The van der Waals surface area contributed by atoms with E-state index < -0.39 is 0 Å². The Morgan fingerprint density at radius 3 is 3.12 bits per heavy atom. The van der Waals surface area contributed by atoms with E-state index in [1.54, 1.807) is 6.07 Å². The van der Waals surface area contributed by atoms with Gasteiger partial charge in [0.2, 0.25) is 0 Å². The molecular formula is C12H12ClN3. The summed E-state index contributed by atoms with van der Waals surface area (Å²) in [4.78, 5) is 4.24. The summed E-state index contributed by atoms with van der Waals surface area (Å²) >= 11 is 5.94. The normalized spacial score (nSPS) is 12.9. The van der Waals surface area contributed by atoms with E-state index in [1.807, 2.05) is 6.08 Å². The zero-order valence-corrected chi connectivity index (χ0v) is 9.80. The lowest BCUT2D eigenvalue weighted by molar-refractivity contribution is 0.976. The summed E-state index contributed by atoms with van der Waals surface area (Å²) in [6.45, 7) is 2.96. The minimum atomic E-state index is 0.477. The maximum atomic E-state index is 9.03. The van der Waals surface area contributed by atoms with Gasteiger partial charge < -0.3 is 5.32 Å². The number of rotatable bonds is 3.